The number of methoxy groups -OCH3 is 1. The number of hydrogen-bond acceptors (Lipinski definition) is 5. The second kappa shape index (κ2) is 8.54. The first-order valence-electron chi connectivity index (χ1n) is 9.21. The van der Waals surface area contributed by atoms with Crippen molar-refractivity contribution < 1.29 is 17.9 Å². The quantitative estimate of drug-likeness (QED) is 0.620. The summed E-state index contributed by atoms with van der Waals surface area (Å²) < 4.78 is 33.2. The molecule has 2 N–H and O–H groups in total. The van der Waals surface area contributed by atoms with Crippen LogP contribution in [-0.2, 0) is 10.0 Å². The van der Waals surface area contributed by atoms with E-state index in [-0.39, 0.29) is 16.1 Å². The van der Waals surface area contributed by atoms with Crippen molar-refractivity contribution >= 4 is 27.3 Å². The van der Waals surface area contributed by atoms with Crippen LogP contribution in [0.4, 0.5) is 11.4 Å². The van der Waals surface area contributed by atoms with Crippen LogP contribution in [0, 0.1) is 20.8 Å². The predicted molar refractivity (Wildman–Crippen MR) is 117 cm³/mol. The lowest BCUT2D eigenvalue weighted by Crippen LogP contribution is -2.16. The summed E-state index contributed by atoms with van der Waals surface area (Å²) in [6.07, 6.45) is 2.74. The molecule has 156 valence electrons. The average Bonchev–Trinajstić information content (AvgIpc) is 2.69. The summed E-state index contributed by atoms with van der Waals surface area (Å²) in [6, 6.07) is 11.8. The van der Waals surface area contributed by atoms with E-state index in [9.17, 15) is 13.2 Å². The van der Waals surface area contributed by atoms with E-state index >= 15 is 0 Å². The van der Waals surface area contributed by atoms with Crippen LogP contribution in [0.2, 0.25) is 0 Å². The number of rotatable bonds is 6. The Morgan fingerprint density at radius 2 is 1.73 bits per heavy atom. The minimum Gasteiger partial charge on any atom is -0.497 e. The van der Waals surface area contributed by atoms with Gasteiger partial charge in [0.05, 0.1) is 29.5 Å². The first-order valence-corrected chi connectivity index (χ1v) is 10.7. The third kappa shape index (κ3) is 4.77. The molecule has 0 aliphatic rings. The minimum atomic E-state index is -3.81. The van der Waals surface area contributed by atoms with Crippen LogP contribution in [0.15, 0.2) is 59.8 Å². The van der Waals surface area contributed by atoms with Gasteiger partial charge in [0.25, 0.3) is 15.9 Å². The van der Waals surface area contributed by atoms with Gasteiger partial charge in [0.2, 0.25) is 0 Å². The highest BCUT2D eigenvalue weighted by Gasteiger charge is 2.18. The number of ether oxygens (including phenoxy) is 1. The fourth-order valence-electron chi connectivity index (χ4n) is 3.03. The molecule has 1 aromatic heterocycles. The van der Waals surface area contributed by atoms with Gasteiger partial charge in [0, 0.05) is 11.9 Å². The fourth-order valence-corrected chi connectivity index (χ4v) is 4.29. The molecular weight excluding hydrogens is 402 g/mol. The van der Waals surface area contributed by atoms with Gasteiger partial charge in [-0.1, -0.05) is 17.7 Å². The van der Waals surface area contributed by atoms with Gasteiger partial charge >= 0.3 is 0 Å². The summed E-state index contributed by atoms with van der Waals surface area (Å²) in [4.78, 5) is 16.8. The number of hydrogen-bond donors (Lipinski definition) is 2. The summed E-state index contributed by atoms with van der Waals surface area (Å²) in [6.45, 7) is 5.49. The molecular formula is C22H23N3O4S. The molecule has 2 aromatic carbocycles. The number of nitrogens with one attached hydrogen (secondary N) is 2. The second-order valence-corrected chi connectivity index (χ2v) is 8.62. The number of pyridine rings is 1. The van der Waals surface area contributed by atoms with Gasteiger partial charge in [-0.2, -0.15) is 0 Å². The molecule has 30 heavy (non-hydrogen) atoms. The number of aromatic nitrogens is 1. The maximum atomic E-state index is 12.8. The Hall–Kier alpha value is -3.39. The maximum absolute atomic E-state index is 12.8. The van der Waals surface area contributed by atoms with Crippen molar-refractivity contribution in [1.82, 2.24) is 4.98 Å². The van der Waals surface area contributed by atoms with Gasteiger partial charge in [0.15, 0.2) is 0 Å². The van der Waals surface area contributed by atoms with E-state index < -0.39 is 15.9 Å². The predicted octanol–water partition coefficient (Wildman–Crippen LogP) is 4.07. The number of amides is 1. The number of carbonyl (C=O) groups is 1. The highest BCUT2D eigenvalue weighted by atomic mass is 32.2. The molecule has 8 heteroatoms. The van der Waals surface area contributed by atoms with Crippen molar-refractivity contribution in [3.63, 3.8) is 0 Å². The van der Waals surface area contributed by atoms with E-state index in [2.05, 4.69) is 15.0 Å². The maximum Gasteiger partial charge on any atom is 0.262 e. The van der Waals surface area contributed by atoms with Crippen molar-refractivity contribution in [3.05, 3.63) is 77.1 Å². The molecule has 0 fully saturated rings. The molecule has 7 nitrogen and oxygen atoms in total. The number of anilines is 2. The van der Waals surface area contributed by atoms with Gasteiger partial charge in [0.1, 0.15) is 5.75 Å². The lowest BCUT2D eigenvalue weighted by Gasteiger charge is -2.12. The molecule has 1 heterocycles. The zero-order chi connectivity index (χ0) is 21.9. The summed E-state index contributed by atoms with van der Waals surface area (Å²) in [5.41, 5.74) is 3.50. The third-order valence-corrected chi connectivity index (χ3v) is 6.10. The Balaban J connectivity index is 1.81. The van der Waals surface area contributed by atoms with Crippen molar-refractivity contribution in [3.8, 4) is 5.75 Å². The second-order valence-electron chi connectivity index (χ2n) is 6.97. The third-order valence-electron chi connectivity index (χ3n) is 4.55. The Kier molecular flexibility index (Phi) is 6.07. The van der Waals surface area contributed by atoms with E-state index in [1.54, 1.807) is 44.4 Å². The fraction of sp³-hybridized carbons (Fsp3) is 0.182. The van der Waals surface area contributed by atoms with Gasteiger partial charge < -0.3 is 10.1 Å². The molecule has 1 amide bonds. The SMILES string of the molecule is COc1ccc(NC(=O)c2cncc(NS(=O)(=O)c3ccc(C)cc3C)c2)c(C)c1. The van der Waals surface area contributed by atoms with Crippen LogP contribution < -0.4 is 14.8 Å². The molecule has 0 aliphatic carbocycles. The average molecular weight is 426 g/mol. The van der Waals surface area contributed by atoms with Crippen LogP contribution in [0.3, 0.4) is 0 Å². The zero-order valence-corrected chi connectivity index (χ0v) is 18.0. The smallest absolute Gasteiger partial charge is 0.262 e. The van der Waals surface area contributed by atoms with E-state index in [0.29, 0.717) is 17.0 Å². The van der Waals surface area contributed by atoms with Gasteiger partial charge in [-0.05, 0) is 62.2 Å². The van der Waals surface area contributed by atoms with Gasteiger partial charge in [-0.15, -0.1) is 0 Å². The number of nitrogens with zero attached hydrogens (tertiary/aromatic N) is 1. The Bertz CT molecular complexity index is 1210. The molecule has 0 radical (unpaired) electrons. The number of benzene rings is 2. The number of aryl methyl sites for hydroxylation is 3. The lowest BCUT2D eigenvalue weighted by molar-refractivity contribution is 0.102. The van der Waals surface area contributed by atoms with Gasteiger partial charge in [-0.3, -0.25) is 14.5 Å². The van der Waals surface area contributed by atoms with Crippen molar-refractivity contribution in [1.29, 1.82) is 0 Å². The van der Waals surface area contributed by atoms with Crippen molar-refractivity contribution in [2.75, 3.05) is 17.1 Å². The summed E-state index contributed by atoms with van der Waals surface area (Å²) in [7, 11) is -2.24. The number of carbonyl (C=O) groups excluding carboxylic acids is 1. The highest BCUT2D eigenvalue weighted by Crippen LogP contribution is 2.23. The standard InChI is InChI=1S/C22H23N3O4S/c1-14-5-8-21(16(3)9-14)30(27,28)25-18-11-17(12-23-13-18)22(26)24-20-7-6-19(29-4)10-15(20)2/h5-13,25H,1-4H3,(H,24,26). The zero-order valence-electron chi connectivity index (χ0n) is 17.2. The van der Waals surface area contributed by atoms with Gasteiger partial charge in [-0.25, -0.2) is 8.42 Å². The molecule has 0 aliphatic heterocycles. The largest absolute Gasteiger partial charge is 0.497 e. The molecule has 0 unspecified atom stereocenters. The monoisotopic (exact) mass is 425 g/mol. The summed E-state index contributed by atoms with van der Waals surface area (Å²) in [5, 5.41) is 2.80. The highest BCUT2D eigenvalue weighted by molar-refractivity contribution is 7.92. The molecule has 3 rings (SSSR count). The summed E-state index contributed by atoms with van der Waals surface area (Å²) >= 11 is 0. The van der Waals surface area contributed by atoms with Crippen molar-refractivity contribution in [2.45, 2.75) is 25.7 Å². The molecule has 0 atom stereocenters. The van der Waals surface area contributed by atoms with Crippen LogP contribution in [-0.4, -0.2) is 26.4 Å². The van der Waals surface area contributed by atoms with E-state index in [1.807, 2.05) is 19.9 Å². The molecule has 3 aromatic rings. The topological polar surface area (TPSA) is 97.4 Å². The summed E-state index contributed by atoms with van der Waals surface area (Å²) in [5.74, 6) is 0.290. The van der Waals surface area contributed by atoms with E-state index in [0.717, 1.165) is 11.1 Å². The Morgan fingerprint density at radius 1 is 0.967 bits per heavy atom. The van der Waals surface area contributed by atoms with Crippen LogP contribution in [0.1, 0.15) is 27.0 Å². The molecule has 0 spiro atoms. The molecule has 0 saturated carbocycles. The normalized spacial score (nSPS) is 11.1. The lowest BCUT2D eigenvalue weighted by atomic mass is 10.1. The first-order chi connectivity index (χ1) is 14.2. The Morgan fingerprint density at radius 3 is 2.40 bits per heavy atom. The first kappa shape index (κ1) is 21.3. The van der Waals surface area contributed by atoms with Crippen LogP contribution >= 0.6 is 0 Å². The number of sulfonamides is 1. The molecule has 0 saturated heterocycles. The minimum absolute atomic E-state index is 0.178. The van der Waals surface area contributed by atoms with E-state index in [1.165, 1.54) is 18.5 Å². The Labute approximate surface area is 176 Å². The van der Waals surface area contributed by atoms with Crippen LogP contribution in [0.25, 0.3) is 0 Å². The van der Waals surface area contributed by atoms with E-state index in [4.69, 9.17) is 4.74 Å². The van der Waals surface area contributed by atoms with Crippen molar-refractivity contribution in [2.24, 2.45) is 0 Å². The molecule has 0 bridgehead atoms. The van der Waals surface area contributed by atoms with Crippen LogP contribution in [0.5, 0.6) is 5.75 Å².